The summed E-state index contributed by atoms with van der Waals surface area (Å²) in [7, 11) is -3.72. The van der Waals surface area contributed by atoms with Crippen molar-refractivity contribution in [2.24, 2.45) is 5.14 Å². The largest absolute Gasteiger partial charge is 0.483 e. The smallest absolute Gasteiger partial charge is 0.258 e. The SMILES string of the molecule is Cc1cc(OCC(=O)NCc2ccc(S(N)(=O)=O)s2)c(C(C)C)cc1Cl. The van der Waals surface area contributed by atoms with Crippen LogP contribution < -0.4 is 15.2 Å². The Morgan fingerprint density at radius 3 is 2.62 bits per heavy atom. The summed E-state index contributed by atoms with van der Waals surface area (Å²) in [5, 5.41) is 8.42. The lowest BCUT2D eigenvalue weighted by atomic mass is 10.0. The first-order valence-corrected chi connectivity index (χ1v) is 10.6. The van der Waals surface area contributed by atoms with Gasteiger partial charge in [0.25, 0.3) is 5.91 Å². The molecular formula is C17H21ClN2O4S2. The summed E-state index contributed by atoms with van der Waals surface area (Å²) in [5.74, 6) is 0.525. The predicted octanol–water partition coefficient (Wildman–Crippen LogP) is 3.18. The highest BCUT2D eigenvalue weighted by molar-refractivity contribution is 7.91. The minimum Gasteiger partial charge on any atom is -0.483 e. The zero-order valence-electron chi connectivity index (χ0n) is 14.7. The number of primary sulfonamides is 1. The maximum atomic E-state index is 12.0. The van der Waals surface area contributed by atoms with Gasteiger partial charge < -0.3 is 10.1 Å². The van der Waals surface area contributed by atoms with Gasteiger partial charge >= 0.3 is 0 Å². The molecule has 26 heavy (non-hydrogen) atoms. The molecule has 0 saturated carbocycles. The standard InChI is InChI=1S/C17H21ClN2O4S2/c1-10(2)13-7-14(18)11(3)6-15(13)24-9-16(21)20-8-12-4-5-17(25-12)26(19,22)23/h4-7,10H,8-9H2,1-3H3,(H,20,21)(H2,19,22,23). The first kappa shape index (κ1) is 20.7. The van der Waals surface area contributed by atoms with E-state index in [0.717, 1.165) is 22.5 Å². The zero-order valence-corrected chi connectivity index (χ0v) is 17.1. The number of amides is 1. The van der Waals surface area contributed by atoms with Crippen LogP contribution in [0.5, 0.6) is 5.75 Å². The molecule has 6 nitrogen and oxygen atoms in total. The number of hydrogen-bond donors (Lipinski definition) is 2. The quantitative estimate of drug-likeness (QED) is 0.724. The molecule has 0 aliphatic rings. The van der Waals surface area contributed by atoms with Crippen molar-refractivity contribution in [3.63, 3.8) is 0 Å². The van der Waals surface area contributed by atoms with Crippen molar-refractivity contribution in [2.45, 2.75) is 37.4 Å². The lowest BCUT2D eigenvalue weighted by Crippen LogP contribution is -2.28. The number of halogens is 1. The van der Waals surface area contributed by atoms with E-state index in [-0.39, 0.29) is 29.2 Å². The third-order valence-electron chi connectivity index (χ3n) is 3.65. The van der Waals surface area contributed by atoms with E-state index in [9.17, 15) is 13.2 Å². The average Bonchev–Trinajstić information content (AvgIpc) is 3.02. The summed E-state index contributed by atoms with van der Waals surface area (Å²) in [6.07, 6.45) is 0. The van der Waals surface area contributed by atoms with Gasteiger partial charge in [-0.15, -0.1) is 11.3 Å². The molecule has 0 atom stereocenters. The maximum absolute atomic E-state index is 12.0. The highest BCUT2D eigenvalue weighted by Crippen LogP contribution is 2.32. The molecule has 1 aromatic heterocycles. The van der Waals surface area contributed by atoms with Gasteiger partial charge in [0.1, 0.15) is 9.96 Å². The maximum Gasteiger partial charge on any atom is 0.258 e. The minimum absolute atomic E-state index is 0.0659. The summed E-state index contributed by atoms with van der Waals surface area (Å²) >= 11 is 7.18. The van der Waals surface area contributed by atoms with E-state index in [1.807, 2.05) is 32.9 Å². The molecule has 0 bridgehead atoms. The Morgan fingerprint density at radius 1 is 1.35 bits per heavy atom. The van der Waals surface area contributed by atoms with Crippen molar-refractivity contribution >= 4 is 38.9 Å². The third-order valence-corrected chi connectivity index (χ3v) is 6.58. The molecule has 0 aliphatic carbocycles. The van der Waals surface area contributed by atoms with E-state index in [1.165, 1.54) is 6.07 Å². The second-order valence-electron chi connectivity index (χ2n) is 6.13. The van der Waals surface area contributed by atoms with Gasteiger partial charge in [-0.2, -0.15) is 0 Å². The number of nitrogens with one attached hydrogen (secondary N) is 1. The van der Waals surface area contributed by atoms with Crippen LogP contribution in [0.15, 0.2) is 28.5 Å². The normalized spacial score (nSPS) is 11.6. The number of carbonyl (C=O) groups is 1. The van der Waals surface area contributed by atoms with Crippen molar-refractivity contribution in [1.29, 1.82) is 0 Å². The predicted molar refractivity (Wildman–Crippen MR) is 103 cm³/mol. The summed E-state index contributed by atoms with van der Waals surface area (Å²) in [4.78, 5) is 12.7. The minimum atomic E-state index is -3.72. The van der Waals surface area contributed by atoms with E-state index in [1.54, 1.807) is 6.07 Å². The lowest BCUT2D eigenvalue weighted by Gasteiger charge is -2.15. The van der Waals surface area contributed by atoms with E-state index in [0.29, 0.717) is 15.6 Å². The summed E-state index contributed by atoms with van der Waals surface area (Å²) in [6, 6.07) is 6.71. The number of benzene rings is 1. The van der Waals surface area contributed by atoms with Crippen molar-refractivity contribution in [2.75, 3.05) is 6.61 Å². The molecule has 2 rings (SSSR count). The van der Waals surface area contributed by atoms with Crippen LogP contribution in [0.3, 0.4) is 0 Å². The molecule has 9 heteroatoms. The Balaban J connectivity index is 1.95. The number of sulfonamides is 1. The number of hydrogen-bond acceptors (Lipinski definition) is 5. The molecule has 1 heterocycles. The van der Waals surface area contributed by atoms with Gasteiger partial charge in [0.2, 0.25) is 10.0 Å². The van der Waals surface area contributed by atoms with Crippen molar-refractivity contribution < 1.29 is 17.9 Å². The highest BCUT2D eigenvalue weighted by atomic mass is 35.5. The molecule has 3 N–H and O–H groups in total. The lowest BCUT2D eigenvalue weighted by molar-refractivity contribution is -0.123. The van der Waals surface area contributed by atoms with Crippen molar-refractivity contribution in [3.8, 4) is 5.75 Å². The summed E-state index contributed by atoms with van der Waals surface area (Å²) < 4.78 is 28.2. The first-order valence-electron chi connectivity index (χ1n) is 7.89. The molecule has 2 aromatic rings. The number of ether oxygens (including phenoxy) is 1. The Kier molecular flexibility index (Phi) is 6.68. The van der Waals surface area contributed by atoms with E-state index >= 15 is 0 Å². The molecule has 142 valence electrons. The molecule has 1 amide bonds. The van der Waals surface area contributed by atoms with Gasteiger partial charge in [-0.1, -0.05) is 25.4 Å². The Labute approximate surface area is 162 Å². The number of rotatable bonds is 7. The average molecular weight is 417 g/mol. The number of nitrogens with two attached hydrogens (primary N) is 1. The fourth-order valence-corrected chi connectivity index (χ4v) is 4.12. The second-order valence-corrected chi connectivity index (χ2v) is 9.49. The number of aryl methyl sites for hydroxylation is 1. The Hall–Kier alpha value is -1.61. The first-order chi connectivity index (χ1) is 12.1. The van der Waals surface area contributed by atoms with Crippen LogP contribution in [0, 0.1) is 6.92 Å². The van der Waals surface area contributed by atoms with E-state index in [2.05, 4.69) is 5.32 Å². The van der Waals surface area contributed by atoms with Gasteiger partial charge in [-0.3, -0.25) is 4.79 Å². The molecule has 0 spiro atoms. The second kappa shape index (κ2) is 8.39. The van der Waals surface area contributed by atoms with Gasteiger partial charge in [0.05, 0.1) is 6.54 Å². The van der Waals surface area contributed by atoms with Crippen LogP contribution in [-0.2, 0) is 21.4 Å². The van der Waals surface area contributed by atoms with Crippen LogP contribution in [-0.4, -0.2) is 20.9 Å². The number of carbonyl (C=O) groups excluding carboxylic acids is 1. The fraction of sp³-hybridized carbons (Fsp3) is 0.353. The fourth-order valence-electron chi connectivity index (χ4n) is 2.23. The van der Waals surface area contributed by atoms with Gasteiger partial charge in [0.15, 0.2) is 6.61 Å². The van der Waals surface area contributed by atoms with Crippen molar-refractivity contribution in [3.05, 3.63) is 45.3 Å². The molecular weight excluding hydrogens is 396 g/mol. The van der Waals surface area contributed by atoms with Gasteiger partial charge in [-0.05, 0) is 48.2 Å². The van der Waals surface area contributed by atoms with Crippen LogP contribution in [0.2, 0.25) is 5.02 Å². The van der Waals surface area contributed by atoms with Crippen LogP contribution in [0.1, 0.15) is 35.8 Å². The Bertz CT molecular complexity index is 907. The van der Waals surface area contributed by atoms with Gasteiger partial charge in [0, 0.05) is 9.90 Å². The molecule has 0 fully saturated rings. The van der Waals surface area contributed by atoms with Crippen LogP contribution in [0.4, 0.5) is 0 Å². The third kappa shape index (κ3) is 5.44. The molecule has 0 radical (unpaired) electrons. The molecule has 0 unspecified atom stereocenters. The Morgan fingerprint density at radius 2 is 2.04 bits per heavy atom. The zero-order chi connectivity index (χ0) is 19.5. The van der Waals surface area contributed by atoms with Crippen LogP contribution >= 0.6 is 22.9 Å². The summed E-state index contributed by atoms with van der Waals surface area (Å²) in [5.41, 5.74) is 1.81. The summed E-state index contributed by atoms with van der Waals surface area (Å²) in [6.45, 7) is 5.98. The molecule has 0 aliphatic heterocycles. The monoisotopic (exact) mass is 416 g/mol. The van der Waals surface area contributed by atoms with E-state index < -0.39 is 10.0 Å². The van der Waals surface area contributed by atoms with Crippen LogP contribution in [0.25, 0.3) is 0 Å². The van der Waals surface area contributed by atoms with Crippen molar-refractivity contribution in [1.82, 2.24) is 5.32 Å². The highest BCUT2D eigenvalue weighted by Gasteiger charge is 2.14. The van der Waals surface area contributed by atoms with Gasteiger partial charge in [-0.25, -0.2) is 13.6 Å². The number of thiophene rings is 1. The molecule has 1 aromatic carbocycles. The topological polar surface area (TPSA) is 98.5 Å². The molecule has 0 saturated heterocycles. The van der Waals surface area contributed by atoms with E-state index in [4.69, 9.17) is 21.5 Å².